The molecule has 2 aromatic carbocycles. The van der Waals surface area contributed by atoms with Gasteiger partial charge in [-0.2, -0.15) is 0 Å². The van der Waals surface area contributed by atoms with Crippen LogP contribution in [0.4, 0.5) is 0 Å². The molecular weight excluding hydrogens is 344 g/mol. The molecule has 0 fully saturated rings. The van der Waals surface area contributed by atoms with Gasteiger partial charge >= 0.3 is 0 Å². The number of para-hydroxylation sites is 1. The number of ether oxygens (including phenoxy) is 1. The van der Waals surface area contributed by atoms with Crippen LogP contribution < -0.4 is 10.1 Å². The summed E-state index contributed by atoms with van der Waals surface area (Å²) in [6.45, 7) is 0.184. The standard InChI is InChI=1S/C18H15ClN2O4/c1-25-14-8-3-2-5-11(14)16(22)20-9-10-21-17(23)12-6-4-7-13(19)15(12)18(21)24/h2-8H,9-10H2,1H3,(H,20,22). The number of nitrogens with zero attached hydrogens (tertiary/aromatic N) is 1. The lowest BCUT2D eigenvalue weighted by molar-refractivity contribution is 0.0650. The van der Waals surface area contributed by atoms with Crippen molar-refractivity contribution >= 4 is 29.3 Å². The first-order valence-electron chi connectivity index (χ1n) is 7.60. The molecule has 0 aliphatic carbocycles. The minimum atomic E-state index is -0.447. The maximum atomic E-state index is 12.4. The Bertz CT molecular complexity index is 866. The molecule has 1 aliphatic heterocycles. The van der Waals surface area contributed by atoms with Gasteiger partial charge in [0.1, 0.15) is 5.75 Å². The zero-order valence-electron chi connectivity index (χ0n) is 13.4. The SMILES string of the molecule is COc1ccccc1C(=O)NCCN1C(=O)c2cccc(Cl)c2C1=O. The third-order valence-corrected chi connectivity index (χ3v) is 4.24. The highest BCUT2D eigenvalue weighted by atomic mass is 35.5. The van der Waals surface area contributed by atoms with Crippen LogP contribution in [0.3, 0.4) is 0 Å². The van der Waals surface area contributed by atoms with E-state index < -0.39 is 11.8 Å². The number of imide groups is 1. The second-order valence-corrected chi connectivity index (χ2v) is 5.79. The molecule has 0 saturated carbocycles. The summed E-state index contributed by atoms with van der Waals surface area (Å²) in [6, 6.07) is 11.6. The van der Waals surface area contributed by atoms with E-state index in [4.69, 9.17) is 16.3 Å². The highest BCUT2D eigenvalue weighted by Gasteiger charge is 2.36. The van der Waals surface area contributed by atoms with Gasteiger partial charge in [-0.15, -0.1) is 0 Å². The number of amides is 3. The number of hydrogen-bond donors (Lipinski definition) is 1. The Kier molecular flexibility index (Phi) is 4.72. The molecule has 0 atom stereocenters. The van der Waals surface area contributed by atoms with Gasteiger partial charge in [-0.25, -0.2) is 0 Å². The Hall–Kier alpha value is -2.86. The van der Waals surface area contributed by atoms with Gasteiger partial charge in [0.2, 0.25) is 0 Å². The second-order valence-electron chi connectivity index (χ2n) is 5.38. The molecule has 0 aromatic heterocycles. The summed E-state index contributed by atoms with van der Waals surface area (Å²) in [6.07, 6.45) is 0. The normalized spacial score (nSPS) is 13.0. The van der Waals surface area contributed by atoms with Crippen molar-refractivity contribution in [2.24, 2.45) is 0 Å². The maximum Gasteiger partial charge on any atom is 0.263 e. The number of hydrogen-bond acceptors (Lipinski definition) is 4. The molecule has 0 bridgehead atoms. The van der Waals surface area contributed by atoms with Crippen molar-refractivity contribution in [1.82, 2.24) is 10.2 Å². The quantitative estimate of drug-likeness (QED) is 0.833. The third kappa shape index (κ3) is 3.08. The molecule has 3 amide bonds. The monoisotopic (exact) mass is 358 g/mol. The highest BCUT2D eigenvalue weighted by molar-refractivity contribution is 6.37. The summed E-state index contributed by atoms with van der Waals surface area (Å²) in [5.41, 5.74) is 0.884. The lowest BCUT2D eigenvalue weighted by Crippen LogP contribution is -2.38. The van der Waals surface area contributed by atoms with Gasteiger partial charge in [0, 0.05) is 13.1 Å². The van der Waals surface area contributed by atoms with Crippen molar-refractivity contribution in [3.05, 3.63) is 64.2 Å². The van der Waals surface area contributed by atoms with Crippen molar-refractivity contribution in [2.75, 3.05) is 20.2 Å². The Morgan fingerprint density at radius 2 is 1.88 bits per heavy atom. The lowest BCUT2D eigenvalue weighted by atomic mass is 10.1. The lowest BCUT2D eigenvalue weighted by Gasteiger charge is -2.15. The fourth-order valence-electron chi connectivity index (χ4n) is 2.70. The Labute approximate surface area is 149 Å². The van der Waals surface area contributed by atoms with Crippen molar-refractivity contribution in [3.8, 4) is 5.75 Å². The highest BCUT2D eigenvalue weighted by Crippen LogP contribution is 2.28. The van der Waals surface area contributed by atoms with Crippen LogP contribution in [0.25, 0.3) is 0 Å². The van der Waals surface area contributed by atoms with Crippen LogP contribution in [-0.4, -0.2) is 42.8 Å². The summed E-state index contributed by atoms with van der Waals surface area (Å²) < 4.78 is 5.14. The van der Waals surface area contributed by atoms with Crippen LogP contribution in [-0.2, 0) is 0 Å². The molecule has 128 valence electrons. The summed E-state index contributed by atoms with van der Waals surface area (Å²) in [7, 11) is 1.48. The van der Waals surface area contributed by atoms with Crippen molar-refractivity contribution < 1.29 is 19.1 Å². The van der Waals surface area contributed by atoms with E-state index in [1.54, 1.807) is 42.5 Å². The number of fused-ring (bicyclic) bond motifs is 1. The molecular formula is C18H15ClN2O4. The van der Waals surface area contributed by atoms with Crippen molar-refractivity contribution in [1.29, 1.82) is 0 Å². The van der Waals surface area contributed by atoms with E-state index >= 15 is 0 Å². The van der Waals surface area contributed by atoms with Crippen LogP contribution >= 0.6 is 11.6 Å². The average molecular weight is 359 g/mol. The topological polar surface area (TPSA) is 75.7 Å². The van der Waals surface area contributed by atoms with Crippen LogP contribution in [0.1, 0.15) is 31.1 Å². The van der Waals surface area contributed by atoms with Gasteiger partial charge in [0.25, 0.3) is 17.7 Å². The van der Waals surface area contributed by atoms with E-state index in [2.05, 4.69) is 5.32 Å². The average Bonchev–Trinajstić information content (AvgIpc) is 2.87. The van der Waals surface area contributed by atoms with Crippen LogP contribution in [0.15, 0.2) is 42.5 Å². The van der Waals surface area contributed by atoms with Crippen molar-refractivity contribution in [2.45, 2.75) is 0 Å². The van der Waals surface area contributed by atoms with Crippen LogP contribution in [0.2, 0.25) is 5.02 Å². The summed E-state index contributed by atoms with van der Waals surface area (Å²) in [4.78, 5) is 38.0. The van der Waals surface area contributed by atoms with Gasteiger partial charge in [-0.1, -0.05) is 29.8 Å². The van der Waals surface area contributed by atoms with E-state index in [9.17, 15) is 14.4 Å². The smallest absolute Gasteiger partial charge is 0.263 e. The number of rotatable bonds is 5. The van der Waals surface area contributed by atoms with E-state index in [-0.39, 0.29) is 35.1 Å². The molecule has 1 aliphatic rings. The minimum Gasteiger partial charge on any atom is -0.496 e. The fourth-order valence-corrected chi connectivity index (χ4v) is 2.96. The molecule has 0 unspecified atom stereocenters. The van der Waals surface area contributed by atoms with Gasteiger partial charge in [0.05, 0.1) is 28.8 Å². The molecule has 0 saturated heterocycles. The molecule has 0 spiro atoms. The largest absolute Gasteiger partial charge is 0.496 e. The molecule has 1 N–H and O–H groups in total. The third-order valence-electron chi connectivity index (χ3n) is 3.92. The molecule has 7 heteroatoms. The van der Waals surface area contributed by atoms with Gasteiger partial charge in [-0.05, 0) is 24.3 Å². The maximum absolute atomic E-state index is 12.4. The van der Waals surface area contributed by atoms with Gasteiger partial charge in [0.15, 0.2) is 0 Å². The number of methoxy groups -OCH3 is 1. The molecule has 25 heavy (non-hydrogen) atoms. The van der Waals surface area contributed by atoms with E-state index in [0.29, 0.717) is 11.3 Å². The second kappa shape index (κ2) is 6.94. The van der Waals surface area contributed by atoms with Crippen molar-refractivity contribution in [3.63, 3.8) is 0 Å². The zero-order valence-corrected chi connectivity index (χ0v) is 14.2. The van der Waals surface area contributed by atoms with Gasteiger partial charge in [-0.3, -0.25) is 19.3 Å². The van der Waals surface area contributed by atoms with Crippen LogP contribution in [0.5, 0.6) is 5.75 Å². The van der Waals surface area contributed by atoms with Gasteiger partial charge < -0.3 is 10.1 Å². The predicted molar refractivity (Wildman–Crippen MR) is 92.1 cm³/mol. The van der Waals surface area contributed by atoms with Crippen LogP contribution in [0, 0.1) is 0 Å². The summed E-state index contributed by atoms with van der Waals surface area (Å²) in [5.74, 6) is -0.745. The Balaban J connectivity index is 1.65. The number of benzene rings is 2. The Morgan fingerprint density at radius 3 is 2.60 bits per heavy atom. The number of carbonyl (C=O) groups excluding carboxylic acids is 3. The molecule has 1 heterocycles. The van der Waals surface area contributed by atoms with E-state index in [1.165, 1.54) is 7.11 Å². The zero-order chi connectivity index (χ0) is 18.0. The molecule has 2 aromatic rings. The minimum absolute atomic E-state index is 0.0591. The molecule has 3 rings (SSSR count). The fraction of sp³-hybridized carbons (Fsp3) is 0.167. The first kappa shape index (κ1) is 17.0. The predicted octanol–water partition coefficient (Wildman–Crippen LogP) is 2.37. The first-order valence-corrected chi connectivity index (χ1v) is 7.98. The van der Waals surface area contributed by atoms with E-state index in [1.807, 2.05) is 0 Å². The summed E-state index contributed by atoms with van der Waals surface area (Å²) in [5, 5.41) is 2.93. The summed E-state index contributed by atoms with van der Waals surface area (Å²) >= 11 is 6.01. The Morgan fingerprint density at radius 1 is 1.12 bits per heavy atom. The number of nitrogens with one attached hydrogen (secondary N) is 1. The number of halogens is 1. The first-order chi connectivity index (χ1) is 12.0. The van der Waals surface area contributed by atoms with E-state index in [0.717, 1.165) is 4.90 Å². The number of carbonyl (C=O) groups is 3. The molecule has 0 radical (unpaired) electrons. The molecule has 6 nitrogen and oxygen atoms in total.